The fraction of sp³-hybridized carbons (Fsp3) is 0.579. The Morgan fingerprint density at radius 2 is 2.14 bits per heavy atom. The molecule has 0 amide bonds. The summed E-state index contributed by atoms with van der Waals surface area (Å²) >= 11 is 2.04. The van der Waals surface area contributed by atoms with Gasteiger partial charge in [-0.15, -0.1) is 11.8 Å². The van der Waals surface area contributed by atoms with Gasteiger partial charge >= 0.3 is 0 Å². The van der Waals surface area contributed by atoms with E-state index in [4.69, 9.17) is 0 Å². The van der Waals surface area contributed by atoms with Crippen LogP contribution in [0.3, 0.4) is 0 Å². The number of rotatable bonds is 5. The molecule has 1 heterocycles. The molecule has 2 heteroatoms. The molecule has 1 N–H and O–H groups in total. The first-order valence-electron chi connectivity index (χ1n) is 8.54. The second kappa shape index (κ2) is 7.51. The highest BCUT2D eigenvalue weighted by atomic mass is 32.2. The smallest absolute Gasteiger partial charge is 0.0357 e. The van der Waals surface area contributed by atoms with E-state index in [0.717, 1.165) is 6.54 Å². The van der Waals surface area contributed by atoms with Crippen LogP contribution in [-0.2, 0) is 0 Å². The molecule has 1 aromatic carbocycles. The molecular weight excluding hydrogens is 274 g/mol. The quantitative estimate of drug-likeness (QED) is 0.756. The Bertz CT molecular complexity index is 494. The second-order valence-corrected chi connectivity index (χ2v) is 7.33. The first-order valence-corrected chi connectivity index (χ1v) is 9.52. The number of fused-ring (bicyclic) bond motifs is 1. The summed E-state index contributed by atoms with van der Waals surface area (Å²) in [6, 6.07) is 9.57. The molecular formula is C19H27NS. The van der Waals surface area contributed by atoms with Crippen molar-refractivity contribution in [3.63, 3.8) is 0 Å². The van der Waals surface area contributed by atoms with Crippen molar-refractivity contribution in [1.82, 2.24) is 5.32 Å². The van der Waals surface area contributed by atoms with Crippen molar-refractivity contribution in [2.75, 3.05) is 12.3 Å². The second-order valence-electron chi connectivity index (χ2n) is 6.27. The first-order chi connectivity index (χ1) is 10.4. The van der Waals surface area contributed by atoms with Crippen molar-refractivity contribution in [3.8, 4) is 0 Å². The molecule has 0 fully saturated rings. The van der Waals surface area contributed by atoms with Crippen LogP contribution in [0.4, 0.5) is 0 Å². The third kappa shape index (κ3) is 3.54. The highest BCUT2D eigenvalue weighted by Gasteiger charge is 2.31. The summed E-state index contributed by atoms with van der Waals surface area (Å²) in [7, 11) is 0. The fourth-order valence-electron chi connectivity index (χ4n) is 3.62. The molecule has 21 heavy (non-hydrogen) atoms. The third-order valence-corrected chi connectivity index (χ3v) is 5.94. The van der Waals surface area contributed by atoms with E-state index in [9.17, 15) is 0 Å². The van der Waals surface area contributed by atoms with Crippen LogP contribution in [0, 0.1) is 0 Å². The normalized spacial score (nSPS) is 23.3. The van der Waals surface area contributed by atoms with Crippen molar-refractivity contribution in [1.29, 1.82) is 0 Å². The Morgan fingerprint density at radius 1 is 1.24 bits per heavy atom. The highest BCUT2D eigenvalue weighted by Crippen LogP contribution is 2.43. The Balaban J connectivity index is 1.84. The molecule has 2 atom stereocenters. The van der Waals surface area contributed by atoms with Gasteiger partial charge in [0.05, 0.1) is 0 Å². The van der Waals surface area contributed by atoms with Crippen LogP contribution in [0.1, 0.15) is 56.9 Å². The van der Waals surface area contributed by atoms with Crippen molar-refractivity contribution in [2.45, 2.75) is 62.3 Å². The molecule has 1 aromatic rings. The van der Waals surface area contributed by atoms with E-state index >= 15 is 0 Å². The van der Waals surface area contributed by atoms with Crippen LogP contribution in [0.15, 0.2) is 40.8 Å². The summed E-state index contributed by atoms with van der Waals surface area (Å²) in [6.07, 6.45) is 10.5. The predicted octanol–water partition coefficient (Wildman–Crippen LogP) is 5.13. The Hall–Kier alpha value is -0.730. The average Bonchev–Trinajstić information content (AvgIpc) is 2.75. The molecule has 1 aliphatic carbocycles. The molecule has 0 aromatic heterocycles. The lowest BCUT2D eigenvalue weighted by Gasteiger charge is -2.28. The Morgan fingerprint density at radius 3 is 3.05 bits per heavy atom. The van der Waals surface area contributed by atoms with Gasteiger partial charge in [-0.05, 0) is 50.3 Å². The molecule has 0 bridgehead atoms. The van der Waals surface area contributed by atoms with Crippen LogP contribution in [-0.4, -0.2) is 18.3 Å². The van der Waals surface area contributed by atoms with E-state index in [0.29, 0.717) is 12.0 Å². The van der Waals surface area contributed by atoms with Gasteiger partial charge in [-0.25, -0.2) is 0 Å². The van der Waals surface area contributed by atoms with Crippen molar-refractivity contribution >= 4 is 11.8 Å². The molecule has 0 radical (unpaired) electrons. The average molecular weight is 301 g/mol. The van der Waals surface area contributed by atoms with Gasteiger partial charge in [0.15, 0.2) is 0 Å². The monoisotopic (exact) mass is 301 g/mol. The first kappa shape index (κ1) is 15.2. The minimum Gasteiger partial charge on any atom is -0.310 e. The number of thioether (sulfide) groups is 1. The summed E-state index contributed by atoms with van der Waals surface area (Å²) in [5.41, 5.74) is 3.25. The zero-order chi connectivity index (χ0) is 14.5. The fourth-order valence-corrected chi connectivity index (χ4v) is 4.91. The van der Waals surface area contributed by atoms with Gasteiger partial charge in [0, 0.05) is 22.6 Å². The Labute approximate surface area is 133 Å². The molecule has 0 spiro atoms. The topological polar surface area (TPSA) is 12.0 Å². The summed E-state index contributed by atoms with van der Waals surface area (Å²) in [4.78, 5) is 1.50. The summed E-state index contributed by atoms with van der Waals surface area (Å²) in [6.45, 7) is 3.40. The van der Waals surface area contributed by atoms with Crippen molar-refractivity contribution in [2.24, 2.45) is 0 Å². The van der Waals surface area contributed by atoms with E-state index in [1.807, 2.05) is 11.8 Å². The highest BCUT2D eigenvalue weighted by molar-refractivity contribution is 7.99. The predicted molar refractivity (Wildman–Crippen MR) is 93.2 cm³/mol. The van der Waals surface area contributed by atoms with Gasteiger partial charge in [-0.2, -0.15) is 0 Å². The number of allylic oxidation sites excluding steroid dienone is 1. The zero-order valence-corrected chi connectivity index (χ0v) is 13.9. The number of benzene rings is 1. The van der Waals surface area contributed by atoms with Crippen LogP contribution in [0.2, 0.25) is 0 Å². The zero-order valence-electron chi connectivity index (χ0n) is 13.1. The van der Waals surface area contributed by atoms with Gasteiger partial charge in [0.2, 0.25) is 0 Å². The minimum absolute atomic E-state index is 0.555. The van der Waals surface area contributed by atoms with E-state index in [1.165, 1.54) is 49.2 Å². The molecule has 1 nitrogen and oxygen atoms in total. The summed E-state index contributed by atoms with van der Waals surface area (Å²) in [5, 5.41) is 3.87. The van der Waals surface area contributed by atoms with Crippen molar-refractivity contribution < 1.29 is 0 Å². The van der Waals surface area contributed by atoms with Gasteiger partial charge < -0.3 is 5.32 Å². The summed E-state index contributed by atoms with van der Waals surface area (Å²) in [5.74, 6) is 1.89. The maximum Gasteiger partial charge on any atom is 0.0357 e. The van der Waals surface area contributed by atoms with Crippen molar-refractivity contribution in [3.05, 3.63) is 41.5 Å². The van der Waals surface area contributed by atoms with Crippen LogP contribution in [0.5, 0.6) is 0 Å². The van der Waals surface area contributed by atoms with Gasteiger partial charge in [0.1, 0.15) is 0 Å². The minimum atomic E-state index is 0.555. The molecule has 0 saturated carbocycles. The molecule has 2 unspecified atom stereocenters. The number of nitrogens with one attached hydrogen (secondary N) is 1. The third-order valence-electron chi connectivity index (χ3n) is 4.73. The lowest BCUT2D eigenvalue weighted by Crippen LogP contribution is -2.37. The maximum absolute atomic E-state index is 3.87. The van der Waals surface area contributed by atoms with Crippen LogP contribution in [0.25, 0.3) is 0 Å². The number of hydrogen-bond acceptors (Lipinski definition) is 2. The number of hydrogen-bond donors (Lipinski definition) is 1. The lowest BCUT2D eigenvalue weighted by atomic mass is 9.86. The summed E-state index contributed by atoms with van der Waals surface area (Å²) < 4.78 is 0. The van der Waals surface area contributed by atoms with Gasteiger partial charge in [-0.1, -0.05) is 43.2 Å². The maximum atomic E-state index is 3.87. The SMILES string of the molecule is CCCNC(C1=CCCCCC1)C1CSc2ccccc21. The Kier molecular flexibility index (Phi) is 5.43. The van der Waals surface area contributed by atoms with E-state index < -0.39 is 0 Å². The van der Waals surface area contributed by atoms with E-state index in [1.54, 1.807) is 11.1 Å². The standard InChI is InChI=1S/C19H27NS/c1-2-13-20-19(15-9-5-3-4-6-10-15)17-14-21-18-12-8-7-11-16(17)18/h7-9,11-12,17,19-20H,2-6,10,13-14H2,1H3. The molecule has 1 aliphatic heterocycles. The largest absolute Gasteiger partial charge is 0.310 e. The van der Waals surface area contributed by atoms with Gasteiger partial charge in [-0.3, -0.25) is 0 Å². The molecule has 114 valence electrons. The molecule has 3 rings (SSSR count). The van der Waals surface area contributed by atoms with Crippen LogP contribution < -0.4 is 5.32 Å². The van der Waals surface area contributed by atoms with E-state index in [-0.39, 0.29) is 0 Å². The molecule has 0 saturated heterocycles. The van der Waals surface area contributed by atoms with Gasteiger partial charge in [0.25, 0.3) is 0 Å². The lowest BCUT2D eigenvalue weighted by molar-refractivity contribution is 0.490. The van der Waals surface area contributed by atoms with E-state index in [2.05, 4.69) is 42.6 Å². The van der Waals surface area contributed by atoms with Crippen LogP contribution >= 0.6 is 11.8 Å². The molecule has 2 aliphatic rings.